The summed E-state index contributed by atoms with van der Waals surface area (Å²) in [5, 5.41) is 0.821. The fourth-order valence-corrected chi connectivity index (χ4v) is 6.76. The van der Waals surface area contributed by atoms with Gasteiger partial charge < -0.3 is 5.73 Å². The van der Waals surface area contributed by atoms with Gasteiger partial charge in [0.15, 0.2) is 0 Å². The molecule has 2 N–H and O–H groups in total. The van der Waals surface area contributed by atoms with E-state index >= 15 is 0 Å². The lowest BCUT2D eigenvalue weighted by Crippen LogP contribution is -2.72. The van der Waals surface area contributed by atoms with Crippen molar-refractivity contribution in [1.29, 1.82) is 0 Å². The van der Waals surface area contributed by atoms with E-state index in [2.05, 4.69) is 23.6 Å². The second kappa shape index (κ2) is 9.77. The first-order chi connectivity index (χ1) is 15.6. The third-order valence-corrected chi connectivity index (χ3v) is 8.87. The van der Waals surface area contributed by atoms with Crippen molar-refractivity contribution in [2.75, 3.05) is 26.2 Å². The van der Waals surface area contributed by atoms with Crippen LogP contribution in [0.4, 0.5) is 4.39 Å². The molecule has 2 heterocycles. The summed E-state index contributed by atoms with van der Waals surface area (Å²) >= 11 is 11.9. The predicted molar refractivity (Wildman–Crippen MR) is 129 cm³/mol. The third kappa shape index (κ3) is 5.22. The van der Waals surface area contributed by atoms with Crippen LogP contribution in [0.1, 0.15) is 19.4 Å². The maximum absolute atomic E-state index is 14.7. The largest absolute Gasteiger partial charge is 0.325 e. The van der Waals surface area contributed by atoms with Gasteiger partial charge in [0.2, 0.25) is 10.0 Å². The molecule has 2 aromatic carbocycles. The molecule has 2 fully saturated rings. The molecule has 0 aromatic heterocycles. The average molecular weight is 515 g/mol. The Bertz CT molecular complexity index is 1100. The summed E-state index contributed by atoms with van der Waals surface area (Å²) in [6, 6.07) is 11.2. The van der Waals surface area contributed by atoms with Crippen LogP contribution < -0.4 is 5.73 Å². The van der Waals surface area contributed by atoms with Gasteiger partial charge in [-0.15, -0.1) is 0 Å². The highest BCUT2D eigenvalue weighted by atomic mass is 35.5. The first-order valence-electron chi connectivity index (χ1n) is 11.0. The molecule has 3 atom stereocenters. The Hall–Kier alpha value is -1.26. The van der Waals surface area contributed by atoms with Crippen molar-refractivity contribution in [2.45, 2.75) is 49.5 Å². The molecule has 33 heavy (non-hydrogen) atoms. The van der Waals surface area contributed by atoms with Gasteiger partial charge in [-0.1, -0.05) is 35.3 Å². The van der Waals surface area contributed by atoms with E-state index in [1.54, 1.807) is 0 Å². The van der Waals surface area contributed by atoms with E-state index in [0.29, 0.717) is 18.1 Å². The van der Waals surface area contributed by atoms with Gasteiger partial charge in [-0.2, -0.15) is 4.31 Å². The van der Waals surface area contributed by atoms with Crippen LogP contribution in [0.25, 0.3) is 0 Å². The van der Waals surface area contributed by atoms with Gasteiger partial charge in [0.05, 0.1) is 6.17 Å². The lowest BCUT2D eigenvalue weighted by molar-refractivity contribution is -0.0618. The van der Waals surface area contributed by atoms with E-state index in [9.17, 15) is 12.8 Å². The molecule has 0 bridgehead atoms. The van der Waals surface area contributed by atoms with Crippen LogP contribution in [0, 0.1) is 5.82 Å². The molecule has 0 aliphatic carbocycles. The minimum absolute atomic E-state index is 0.0476. The van der Waals surface area contributed by atoms with Crippen molar-refractivity contribution in [3.8, 4) is 0 Å². The van der Waals surface area contributed by atoms with Gasteiger partial charge in [-0.3, -0.25) is 9.80 Å². The van der Waals surface area contributed by atoms with Gasteiger partial charge in [-0.25, -0.2) is 12.8 Å². The monoisotopic (exact) mass is 514 g/mol. The maximum atomic E-state index is 14.7. The molecule has 6 nitrogen and oxygen atoms in total. The quantitative estimate of drug-likeness (QED) is 0.661. The minimum atomic E-state index is -4.13. The molecule has 2 saturated heterocycles. The molecule has 0 radical (unpaired) electrons. The van der Waals surface area contributed by atoms with E-state index in [1.165, 1.54) is 16.4 Å². The summed E-state index contributed by atoms with van der Waals surface area (Å²) in [5.74, 6) is -0.859. The van der Waals surface area contributed by atoms with Gasteiger partial charge in [0.1, 0.15) is 10.7 Å². The third-order valence-electron chi connectivity index (χ3n) is 6.48. The molecular formula is C23H29Cl2FN4O2S. The SMILES string of the molecule is CC(C)N1CC(Cc2ccc(Cl)cc2)N2CC(N)CN(S(=O)(=O)c3ccc(Cl)cc3F)C2C1. The van der Waals surface area contributed by atoms with Gasteiger partial charge in [-0.05, 0) is 56.2 Å². The van der Waals surface area contributed by atoms with Crippen LogP contribution in [-0.4, -0.2) is 73.0 Å². The number of piperazine rings is 1. The maximum Gasteiger partial charge on any atom is 0.247 e. The number of rotatable bonds is 5. The number of fused-ring (bicyclic) bond motifs is 1. The highest BCUT2D eigenvalue weighted by Crippen LogP contribution is 2.32. The predicted octanol–water partition coefficient (Wildman–Crippen LogP) is 3.43. The van der Waals surface area contributed by atoms with E-state index in [1.807, 2.05) is 24.3 Å². The normalized spacial score (nSPS) is 25.4. The Balaban J connectivity index is 1.70. The summed E-state index contributed by atoms with van der Waals surface area (Å²) in [5.41, 5.74) is 7.46. The van der Waals surface area contributed by atoms with Crippen molar-refractivity contribution in [3.05, 3.63) is 63.9 Å². The van der Waals surface area contributed by atoms with Gasteiger partial charge >= 0.3 is 0 Å². The molecule has 2 aliphatic rings. The fraction of sp³-hybridized carbons (Fsp3) is 0.478. The van der Waals surface area contributed by atoms with Crippen molar-refractivity contribution in [2.24, 2.45) is 5.73 Å². The Morgan fingerprint density at radius 2 is 1.70 bits per heavy atom. The molecule has 2 aromatic rings. The molecule has 0 amide bonds. The minimum Gasteiger partial charge on any atom is -0.325 e. The lowest BCUT2D eigenvalue weighted by Gasteiger charge is -2.54. The first kappa shape index (κ1) is 24.9. The number of benzene rings is 2. The Morgan fingerprint density at radius 1 is 1.03 bits per heavy atom. The van der Waals surface area contributed by atoms with E-state index in [-0.39, 0.29) is 34.6 Å². The Morgan fingerprint density at radius 3 is 2.33 bits per heavy atom. The zero-order chi connectivity index (χ0) is 23.9. The Kier molecular flexibility index (Phi) is 7.36. The van der Waals surface area contributed by atoms with Crippen LogP contribution in [0.2, 0.25) is 10.0 Å². The zero-order valence-corrected chi connectivity index (χ0v) is 21.0. The fourth-order valence-electron chi connectivity index (χ4n) is 4.78. The molecule has 0 saturated carbocycles. The lowest BCUT2D eigenvalue weighted by atomic mass is 9.98. The average Bonchev–Trinajstić information content (AvgIpc) is 2.74. The summed E-state index contributed by atoms with van der Waals surface area (Å²) < 4.78 is 43.3. The topological polar surface area (TPSA) is 69.9 Å². The smallest absolute Gasteiger partial charge is 0.247 e. The molecule has 3 unspecified atom stereocenters. The molecule has 10 heteroatoms. The highest BCUT2D eigenvalue weighted by Gasteiger charge is 2.47. The molecule has 180 valence electrons. The zero-order valence-electron chi connectivity index (χ0n) is 18.7. The second-order valence-electron chi connectivity index (χ2n) is 9.12. The first-order valence-corrected chi connectivity index (χ1v) is 13.2. The van der Waals surface area contributed by atoms with Crippen LogP contribution in [0.15, 0.2) is 47.4 Å². The van der Waals surface area contributed by atoms with E-state index in [0.717, 1.165) is 24.6 Å². The van der Waals surface area contributed by atoms with Gasteiger partial charge in [0, 0.05) is 54.3 Å². The summed E-state index contributed by atoms with van der Waals surface area (Å²) in [4.78, 5) is 4.07. The van der Waals surface area contributed by atoms with Crippen LogP contribution in [0.5, 0.6) is 0 Å². The van der Waals surface area contributed by atoms with Crippen LogP contribution in [-0.2, 0) is 16.4 Å². The van der Waals surface area contributed by atoms with Crippen molar-refractivity contribution in [3.63, 3.8) is 0 Å². The molecule has 4 rings (SSSR count). The number of nitrogens with two attached hydrogens (primary N) is 1. The van der Waals surface area contributed by atoms with Crippen LogP contribution >= 0.6 is 23.2 Å². The standard InChI is InChI=1S/C23H29Cl2FN4O2S/c1-15(2)28-13-20(9-16-3-5-17(24)6-4-16)29-11-19(27)12-30(23(29)14-28)33(31,32)22-8-7-18(25)10-21(22)26/h3-8,10,15,19-20,23H,9,11-14,27H2,1-2H3. The number of halogens is 3. The summed E-state index contributed by atoms with van der Waals surface area (Å²) in [7, 11) is -4.13. The number of hydrogen-bond acceptors (Lipinski definition) is 5. The molecular weight excluding hydrogens is 486 g/mol. The van der Waals surface area contributed by atoms with Crippen molar-refractivity contribution >= 4 is 33.2 Å². The number of sulfonamides is 1. The Labute approximate surface area is 205 Å². The summed E-state index contributed by atoms with van der Waals surface area (Å²) in [6.07, 6.45) is 0.283. The van der Waals surface area contributed by atoms with Gasteiger partial charge in [0.25, 0.3) is 0 Å². The van der Waals surface area contributed by atoms with Crippen molar-refractivity contribution in [1.82, 2.24) is 14.1 Å². The van der Waals surface area contributed by atoms with Crippen LogP contribution in [0.3, 0.4) is 0 Å². The molecule has 2 aliphatic heterocycles. The van der Waals surface area contributed by atoms with E-state index in [4.69, 9.17) is 28.9 Å². The second-order valence-corrected chi connectivity index (χ2v) is 11.9. The summed E-state index contributed by atoms with van der Waals surface area (Å²) in [6.45, 7) is 6.21. The molecule has 0 spiro atoms. The number of nitrogens with zero attached hydrogens (tertiary/aromatic N) is 3. The van der Waals surface area contributed by atoms with Crippen molar-refractivity contribution < 1.29 is 12.8 Å². The number of hydrogen-bond donors (Lipinski definition) is 1. The van der Waals surface area contributed by atoms with E-state index < -0.39 is 22.0 Å². The highest BCUT2D eigenvalue weighted by molar-refractivity contribution is 7.89.